The molecule has 5 N–H and O–H groups in total. The number of benzene rings is 1. The number of aromatic nitrogens is 1. The minimum absolute atomic E-state index is 0.206. The first kappa shape index (κ1) is 18.3. The van der Waals surface area contributed by atoms with Crippen molar-refractivity contribution in [2.45, 2.75) is 56.7 Å². The van der Waals surface area contributed by atoms with E-state index in [0.717, 1.165) is 29.3 Å². The fourth-order valence-corrected chi connectivity index (χ4v) is 3.68. The van der Waals surface area contributed by atoms with Crippen molar-refractivity contribution in [1.29, 1.82) is 0 Å². The maximum absolute atomic E-state index is 12.9. The number of amides is 2. The summed E-state index contributed by atoms with van der Waals surface area (Å²) in [6.45, 7) is 1.58. The molecule has 7 nitrogen and oxygen atoms in total. The van der Waals surface area contributed by atoms with E-state index in [2.05, 4.69) is 15.6 Å². The normalized spacial score (nSPS) is 22.5. The number of rotatable bonds is 5. The van der Waals surface area contributed by atoms with Crippen LogP contribution in [0.4, 0.5) is 4.79 Å². The number of aliphatic hydroxyl groups is 1. The maximum atomic E-state index is 12.9. The van der Waals surface area contributed by atoms with Crippen molar-refractivity contribution in [3.8, 4) is 0 Å². The van der Waals surface area contributed by atoms with Crippen LogP contribution in [0.1, 0.15) is 38.2 Å². The van der Waals surface area contributed by atoms with E-state index < -0.39 is 23.6 Å². The van der Waals surface area contributed by atoms with Crippen molar-refractivity contribution in [2.24, 2.45) is 0 Å². The van der Waals surface area contributed by atoms with Gasteiger partial charge in [0.2, 0.25) is 5.91 Å². The number of fused-ring (bicyclic) bond motifs is 1. The van der Waals surface area contributed by atoms with Gasteiger partial charge in [-0.15, -0.1) is 0 Å². The van der Waals surface area contributed by atoms with Gasteiger partial charge in [-0.3, -0.25) is 4.79 Å². The number of nitrogens with one attached hydrogen (secondary N) is 3. The van der Waals surface area contributed by atoms with Gasteiger partial charge in [0.05, 0.1) is 12.1 Å². The Morgan fingerprint density at radius 2 is 2.00 bits per heavy atom. The molecule has 0 radical (unpaired) electrons. The number of para-hydroxylation sites is 1. The van der Waals surface area contributed by atoms with Crippen LogP contribution >= 0.6 is 0 Å². The molecule has 2 aromatic rings. The highest BCUT2D eigenvalue weighted by Gasteiger charge is 2.38. The Balaban J connectivity index is 1.83. The van der Waals surface area contributed by atoms with Crippen LogP contribution in [-0.2, 0) is 11.2 Å². The standard InChI is InChI=1S/C19H25N3O4/c1-19(22-18(25)26,17(24)21-15-8-4-5-9-16(15)23)10-12-11-20-14-7-3-2-6-13(12)14/h2-3,6-7,11,15-16,20,22-23H,4-5,8-10H2,1H3,(H,21,24)(H,25,26). The Kier molecular flexibility index (Phi) is 5.18. The van der Waals surface area contributed by atoms with E-state index in [9.17, 15) is 19.8 Å². The highest BCUT2D eigenvalue weighted by Crippen LogP contribution is 2.24. The number of carbonyl (C=O) groups is 2. The van der Waals surface area contributed by atoms with Crippen molar-refractivity contribution in [3.63, 3.8) is 0 Å². The lowest BCUT2D eigenvalue weighted by molar-refractivity contribution is -0.128. The van der Waals surface area contributed by atoms with Gasteiger partial charge in [0.1, 0.15) is 5.54 Å². The minimum atomic E-state index is -1.34. The summed E-state index contributed by atoms with van der Waals surface area (Å²) in [5.74, 6) is -0.420. The minimum Gasteiger partial charge on any atom is -0.465 e. The molecule has 1 aromatic heterocycles. The first-order chi connectivity index (χ1) is 12.4. The predicted molar refractivity (Wildman–Crippen MR) is 98.0 cm³/mol. The van der Waals surface area contributed by atoms with E-state index in [0.29, 0.717) is 12.8 Å². The average Bonchev–Trinajstić information content (AvgIpc) is 2.99. The quantitative estimate of drug-likeness (QED) is 0.563. The molecule has 3 unspecified atom stereocenters. The summed E-state index contributed by atoms with van der Waals surface area (Å²) in [6, 6.07) is 7.34. The molecule has 26 heavy (non-hydrogen) atoms. The molecule has 0 spiro atoms. The van der Waals surface area contributed by atoms with E-state index >= 15 is 0 Å². The molecule has 3 atom stereocenters. The first-order valence-electron chi connectivity index (χ1n) is 8.94. The van der Waals surface area contributed by atoms with Crippen molar-refractivity contribution in [3.05, 3.63) is 36.0 Å². The van der Waals surface area contributed by atoms with E-state index in [-0.39, 0.29) is 12.5 Å². The number of hydrogen-bond donors (Lipinski definition) is 5. The lowest BCUT2D eigenvalue weighted by Crippen LogP contribution is -2.61. The van der Waals surface area contributed by atoms with Crippen LogP contribution in [0.5, 0.6) is 0 Å². The van der Waals surface area contributed by atoms with Crippen molar-refractivity contribution in [1.82, 2.24) is 15.6 Å². The van der Waals surface area contributed by atoms with E-state index in [1.54, 1.807) is 13.1 Å². The zero-order valence-electron chi connectivity index (χ0n) is 14.8. The molecular weight excluding hydrogens is 334 g/mol. The maximum Gasteiger partial charge on any atom is 0.405 e. The van der Waals surface area contributed by atoms with Crippen LogP contribution in [0.2, 0.25) is 0 Å². The fourth-order valence-electron chi connectivity index (χ4n) is 3.68. The van der Waals surface area contributed by atoms with Crippen LogP contribution in [0, 0.1) is 0 Å². The second kappa shape index (κ2) is 7.37. The lowest BCUT2D eigenvalue weighted by atomic mass is 9.88. The van der Waals surface area contributed by atoms with E-state index in [4.69, 9.17) is 0 Å². The summed E-state index contributed by atoms with van der Waals surface area (Å²) in [5.41, 5.74) is 0.452. The fraction of sp³-hybridized carbons (Fsp3) is 0.474. The molecule has 1 aliphatic rings. The average molecular weight is 359 g/mol. The molecule has 3 rings (SSSR count). The number of aromatic amines is 1. The van der Waals surface area contributed by atoms with Crippen LogP contribution in [0.15, 0.2) is 30.5 Å². The zero-order chi connectivity index (χ0) is 18.7. The van der Waals surface area contributed by atoms with Crippen LogP contribution in [0.25, 0.3) is 10.9 Å². The van der Waals surface area contributed by atoms with Gasteiger partial charge in [-0.2, -0.15) is 0 Å². The van der Waals surface area contributed by atoms with Gasteiger partial charge < -0.3 is 25.8 Å². The largest absolute Gasteiger partial charge is 0.465 e. The third-order valence-corrected chi connectivity index (χ3v) is 5.15. The summed E-state index contributed by atoms with van der Waals surface area (Å²) in [4.78, 5) is 27.4. The van der Waals surface area contributed by atoms with Crippen LogP contribution < -0.4 is 10.6 Å². The molecule has 2 amide bonds. The Morgan fingerprint density at radius 3 is 2.73 bits per heavy atom. The van der Waals surface area contributed by atoms with Gasteiger partial charge in [-0.05, 0) is 31.4 Å². The highest BCUT2D eigenvalue weighted by atomic mass is 16.4. The Morgan fingerprint density at radius 1 is 1.27 bits per heavy atom. The molecule has 0 saturated heterocycles. The molecule has 1 aromatic carbocycles. The Bertz CT molecular complexity index is 803. The Hall–Kier alpha value is -2.54. The monoisotopic (exact) mass is 359 g/mol. The van der Waals surface area contributed by atoms with Gasteiger partial charge in [0.25, 0.3) is 0 Å². The molecule has 1 aliphatic carbocycles. The smallest absolute Gasteiger partial charge is 0.405 e. The molecule has 7 heteroatoms. The second-order valence-corrected chi connectivity index (χ2v) is 7.23. The summed E-state index contributed by atoms with van der Waals surface area (Å²) in [5, 5.41) is 25.5. The zero-order valence-corrected chi connectivity index (χ0v) is 14.8. The molecule has 140 valence electrons. The number of carboxylic acid groups (broad SMARTS) is 1. The molecule has 1 heterocycles. The second-order valence-electron chi connectivity index (χ2n) is 7.23. The number of carbonyl (C=O) groups excluding carboxylic acids is 1. The molecule has 1 saturated carbocycles. The summed E-state index contributed by atoms with van der Waals surface area (Å²) in [6.07, 6.45) is 3.38. The third-order valence-electron chi connectivity index (χ3n) is 5.15. The van der Waals surface area contributed by atoms with Crippen molar-refractivity contribution < 1.29 is 19.8 Å². The Labute approximate surface area is 151 Å². The first-order valence-corrected chi connectivity index (χ1v) is 8.94. The van der Waals surface area contributed by atoms with Crippen LogP contribution in [0.3, 0.4) is 0 Å². The van der Waals surface area contributed by atoms with Crippen molar-refractivity contribution in [2.75, 3.05) is 0 Å². The summed E-state index contributed by atoms with van der Waals surface area (Å²) in [7, 11) is 0. The van der Waals surface area contributed by atoms with E-state index in [1.807, 2.05) is 24.3 Å². The van der Waals surface area contributed by atoms with Gasteiger partial charge in [-0.25, -0.2) is 4.79 Å². The predicted octanol–water partition coefficient (Wildman–Crippen LogP) is 2.16. The van der Waals surface area contributed by atoms with Gasteiger partial charge in [-0.1, -0.05) is 31.0 Å². The molecule has 1 fully saturated rings. The SMILES string of the molecule is CC(Cc1c[nH]c2ccccc12)(NC(=O)O)C(=O)NC1CCCCC1O. The molecule has 0 aliphatic heterocycles. The van der Waals surface area contributed by atoms with Crippen LogP contribution in [-0.4, -0.2) is 44.9 Å². The number of hydrogen-bond acceptors (Lipinski definition) is 3. The van der Waals surface area contributed by atoms with Gasteiger partial charge in [0.15, 0.2) is 0 Å². The summed E-state index contributed by atoms with van der Waals surface area (Å²) >= 11 is 0. The lowest BCUT2D eigenvalue weighted by Gasteiger charge is -2.34. The van der Waals surface area contributed by atoms with E-state index in [1.165, 1.54) is 0 Å². The molecule has 0 bridgehead atoms. The van der Waals surface area contributed by atoms with Gasteiger partial charge >= 0.3 is 6.09 Å². The summed E-state index contributed by atoms with van der Waals surface area (Å²) < 4.78 is 0. The highest BCUT2D eigenvalue weighted by molar-refractivity contribution is 5.91. The molecular formula is C19H25N3O4. The van der Waals surface area contributed by atoms with Crippen molar-refractivity contribution >= 4 is 22.9 Å². The topological polar surface area (TPSA) is 114 Å². The number of aliphatic hydroxyl groups excluding tert-OH is 1. The van der Waals surface area contributed by atoms with Gasteiger partial charge in [0, 0.05) is 23.5 Å². The number of H-pyrrole nitrogens is 1. The third kappa shape index (κ3) is 3.83.